The average molecular weight is 364 g/mol. The van der Waals surface area contributed by atoms with E-state index in [9.17, 15) is 9.59 Å². The molecule has 5 heteroatoms. The van der Waals surface area contributed by atoms with Crippen LogP contribution in [-0.2, 0) is 9.59 Å². The molecular weight excluding hydrogens is 332 g/mol. The minimum atomic E-state index is -0.337. The zero-order valence-corrected chi connectivity index (χ0v) is 16.7. The lowest BCUT2D eigenvalue weighted by Crippen LogP contribution is -2.12. The molecule has 26 heavy (non-hydrogen) atoms. The molecule has 5 nitrogen and oxygen atoms in total. The molecule has 0 aromatic heterocycles. The first-order valence-corrected chi connectivity index (χ1v) is 9.41. The third kappa shape index (κ3) is 8.88. The fourth-order valence-electron chi connectivity index (χ4n) is 2.44. The molecule has 1 aromatic carbocycles. The maximum atomic E-state index is 12.1. The van der Waals surface area contributed by atoms with E-state index in [0.29, 0.717) is 30.4 Å². The molecule has 1 rings (SSSR count). The van der Waals surface area contributed by atoms with Gasteiger partial charge < -0.3 is 14.2 Å². The molecule has 146 valence electrons. The maximum absolute atomic E-state index is 12.1. The summed E-state index contributed by atoms with van der Waals surface area (Å²) in [7, 11) is 1.53. The first kappa shape index (κ1) is 22.0. The van der Waals surface area contributed by atoms with Crippen LogP contribution in [0.3, 0.4) is 0 Å². The van der Waals surface area contributed by atoms with E-state index in [0.717, 1.165) is 25.7 Å². The highest BCUT2D eigenvalue weighted by molar-refractivity contribution is 5.76. The normalized spacial score (nSPS) is 10.9. The summed E-state index contributed by atoms with van der Waals surface area (Å²) >= 11 is 0. The van der Waals surface area contributed by atoms with Crippen molar-refractivity contribution in [3.05, 3.63) is 18.2 Å². The van der Waals surface area contributed by atoms with Crippen LogP contribution in [0, 0.1) is 11.8 Å². The van der Waals surface area contributed by atoms with Gasteiger partial charge >= 0.3 is 11.9 Å². The topological polar surface area (TPSA) is 61.8 Å². The van der Waals surface area contributed by atoms with Gasteiger partial charge in [-0.3, -0.25) is 9.59 Å². The largest absolute Gasteiger partial charge is 0.497 e. The van der Waals surface area contributed by atoms with Gasteiger partial charge in [0.25, 0.3) is 0 Å². The summed E-state index contributed by atoms with van der Waals surface area (Å²) in [5, 5.41) is 0. The number of carbonyl (C=O) groups is 2. The Morgan fingerprint density at radius 2 is 1.35 bits per heavy atom. The van der Waals surface area contributed by atoms with Gasteiger partial charge in [-0.1, -0.05) is 40.5 Å². The van der Waals surface area contributed by atoms with E-state index in [1.54, 1.807) is 18.2 Å². The van der Waals surface area contributed by atoms with Gasteiger partial charge in [-0.05, 0) is 36.8 Å². The van der Waals surface area contributed by atoms with Gasteiger partial charge in [0.05, 0.1) is 7.11 Å². The van der Waals surface area contributed by atoms with Crippen LogP contribution in [0.1, 0.15) is 66.2 Å². The van der Waals surface area contributed by atoms with E-state index in [1.165, 1.54) is 7.11 Å². The minimum absolute atomic E-state index is 0.219. The molecule has 0 aliphatic heterocycles. The average Bonchev–Trinajstić information content (AvgIpc) is 2.55. The smallest absolute Gasteiger partial charge is 0.311 e. The van der Waals surface area contributed by atoms with Crippen molar-refractivity contribution in [3.8, 4) is 17.2 Å². The molecule has 1 aromatic rings. The fourth-order valence-corrected chi connectivity index (χ4v) is 2.44. The third-order valence-electron chi connectivity index (χ3n) is 3.92. The Morgan fingerprint density at radius 1 is 0.846 bits per heavy atom. The van der Waals surface area contributed by atoms with Gasteiger partial charge in [0.15, 0.2) is 11.5 Å². The highest BCUT2D eigenvalue weighted by Gasteiger charge is 2.15. The van der Waals surface area contributed by atoms with Crippen molar-refractivity contribution in [3.63, 3.8) is 0 Å². The number of hydrogen-bond acceptors (Lipinski definition) is 5. The molecule has 0 radical (unpaired) electrons. The standard InChI is InChI=1S/C21H32O5/c1-15(2)8-6-10-20(22)25-18-13-12-17(24-5)14-19(18)26-21(23)11-7-9-16(3)4/h12-16H,6-11H2,1-5H3. The summed E-state index contributed by atoms with van der Waals surface area (Å²) in [6.07, 6.45) is 4.14. The predicted octanol–water partition coefficient (Wildman–Crippen LogP) is 5.16. The third-order valence-corrected chi connectivity index (χ3v) is 3.92. The summed E-state index contributed by atoms with van der Waals surface area (Å²) in [5.74, 6) is 1.43. The quantitative estimate of drug-likeness (QED) is 0.401. The zero-order chi connectivity index (χ0) is 19.5. The summed E-state index contributed by atoms with van der Waals surface area (Å²) < 4.78 is 16.0. The summed E-state index contributed by atoms with van der Waals surface area (Å²) in [6, 6.07) is 4.83. The van der Waals surface area contributed by atoms with Crippen molar-refractivity contribution in [2.75, 3.05) is 7.11 Å². The van der Waals surface area contributed by atoms with E-state index in [2.05, 4.69) is 27.7 Å². The molecule has 0 spiro atoms. The molecule has 0 N–H and O–H groups in total. The molecule has 0 bridgehead atoms. The van der Waals surface area contributed by atoms with Crippen LogP contribution < -0.4 is 14.2 Å². The number of ether oxygens (including phenoxy) is 3. The number of rotatable bonds is 11. The molecule has 0 saturated carbocycles. The molecule has 0 unspecified atom stereocenters. The Balaban J connectivity index is 2.70. The Labute approximate surface area is 157 Å². The van der Waals surface area contributed by atoms with E-state index >= 15 is 0 Å². The first-order chi connectivity index (χ1) is 12.3. The molecule has 0 atom stereocenters. The maximum Gasteiger partial charge on any atom is 0.311 e. The number of carbonyl (C=O) groups excluding carboxylic acids is 2. The van der Waals surface area contributed by atoms with Gasteiger partial charge in [0, 0.05) is 18.9 Å². The lowest BCUT2D eigenvalue weighted by molar-refractivity contribution is -0.137. The monoisotopic (exact) mass is 364 g/mol. The van der Waals surface area contributed by atoms with Crippen LogP contribution >= 0.6 is 0 Å². The number of benzene rings is 1. The van der Waals surface area contributed by atoms with Crippen molar-refractivity contribution in [2.45, 2.75) is 66.2 Å². The van der Waals surface area contributed by atoms with Gasteiger partial charge in [-0.15, -0.1) is 0 Å². The Hall–Kier alpha value is -2.04. The highest BCUT2D eigenvalue weighted by Crippen LogP contribution is 2.32. The van der Waals surface area contributed by atoms with E-state index in [4.69, 9.17) is 14.2 Å². The first-order valence-electron chi connectivity index (χ1n) is 9.41. The van der Waals surface area contributed by atoms with Crippen LogP contribution in [0.5, 0.6) is 17.2 Å². The Kier molecular flexibility index (Phi) is 9.78. The lowest BCUT2D eigenvalue weighted by atomic mass is 10.1. The fraction of sp³-hybridized carbons (Fsp3) is 0.619. The van der Waals surface area contributed by atoms with E-state index < -0.39 is 0 Å². The van der Waals surface area contributed by atoms with E-state index in [-0.39, 0.29) is 23.4 Å². The highest BCUT2D eigenvalue weighted by atomic mass is 16.6. The van der Waals surface area contributed by atoms with Crippen molar-refractivity contribution < 1.29 is 23.8 Å². The summed E-state index contributed by atoms with van der Waals surface area (Å²) in [5.41, 5.74) is 0. The predicted molar refractivity (Wildman–Crippen MR) is 102 cm³/mol. The number of methoxy groups -OCH3 is 1. The number of esters is 2. The van der Waals surface area contributed by atoms with Gasteiger partial charge in [-0.25, -0.2) is 0 Å². The van der Waals surface area contributed by atoms with Gasteiger partial charge in [-0.2, -0.15) is 0 Å². The Bertz CT molecular complexity index is 578. The number of hydrogen-bond donors (Lipinski definition) is 0. The van der Waals surface area contributed by atoms with Crippen LogP contribution in [0.25, 0.3) is 0 Å². The van der Waals surface area contributed by atoms with Crippen LogP contribution in [0.4, 0.5) is 0 Å². The molecule has 0 saturated heterocycles. The van der Waals surface area contributed by atoms with Crippen LogP contribution in [0.2, 0.25) is 0 Å². The van der Waals surface area contributed by atoms with Crippen LogP contribution in [-0.4, -0.2) is 19.0 Å². The van der Waals surface area contributed by atoms with Crippen molar-refractivity contribution in [1.82, 2.24) is 0 Å². The summed E-state index contributed by atoms with van der Waals surface area (Å²) in [6.45, 7) is 8.46. The zero-order valence-electron chi connectivity index (χ0n) is 16.7. The second-order valence-corrected chi connectivity index (χ2v) is 7.33. The second kappa shape index (κ2) is 11.6. The Morgan fingerprint density at radius 3 is 1.81 bits per heavy atom. The van der Waals surface area contributed by atoms with Crippen molar-refractivity contribution >= 4 is 11.9 Å². The molecule has 0 aliphatic rings. The lowest BCUT2D eigenvalue weighted by Gasteiger charge is -2.12. The molecular formula is C21H32O5. The van der Waals surface area contributed by atoms with Crippen molar-refractivity contribution in [1.29, 1.82) is 0 Å². The van der Waals surface area contributed by atoms with Crippen LogP contribution in [0.15, 0.2) is 18.2 Å². The second-order valence-electron chi connectivity index (χ2n) is 7.33. The van der Waals surface area contributed by atoms with Gasteiger partial charge in [0.1, 0.15) is 5.75 Å². The molecule has 0 amide bonds. The molecule has 0 fully saturated rings. The molecule has 0 aliphatic carbocycles. The van der Waals surface area contributed by atoms with Gasteiger partial charge in [0.2, 0.25) is 0 Å². The van der Waals surface area contributed by atoms with Crippen molar-refractivity contribution in [2.24, 2.45) is 11.8 Å². The SMILES string of the molecule is COc1ccc(OC(=O)CCCC(C)C)c(OC(=O)CCCC(C)C)c1. The minimum Gasteiger partial charge on any atom is -0.497 e. The summed E-state index contributed by atoms with van der Waals surface area (Å²) in [4.78, 5) is 24.1. The molecule has 0 heterocycles. The van der Waals surface area contributed by atoms with E-state index in [1.807, 2.05) is 0 Å².